The topological polar surface area (TPSA) is 66.1 Å². The molecule has 2 aromatic rings. The van der Waals surface area contributed by atoms with E-state index in [-0.39, 0.29) is 23.2 Å². The number of ketones is 1. The molecule has 2 heterocycles. The van der Waals surface area contributed by atoms with Crippen LogP contribution in [0.1, 0.15) is 52.1 Å². The van der Waals surface area contributed by atoms with Crippen LogP contribution in [0.15, 0.2) is 24.3 Å². The molecule has 0 saturated carbocycles. The van der Waals surface area contributed by atoms with E-state index in [0.29, 0.717) is 38.8 Å². The van der Waals surface area contributed by atoms with Crippen LogP contribution in [-0.2, 0) is 17.4 Å². The number of alkyl halides is 3. The Balaban J connectivity index is 1.61. The Kier molecular flexibility index (Phi) is 6.10. The number of halogens is 3. The maximum atomic E-state index is 12.7. The van der Waals surface area contributed by atoms with Crippen LogP contribution in [0.5, 0.6) is 0 Å². The van der Waals surface area contributed by atoms with Crippen molar-refractivity contribution >= 4 is 11.7 Å². The number of likely N-dealkylation sites (tertiary alicyclic amines) is 1. The average Bonchev–Trinajstić information content (AvgIpc) is 3.02. The summed E-state index contributed by atoms with van der Waals surface area (Å²) in [6, 6.07) is 4.29. The number of carbonyl (C=O) groups is 2. The first-order valence-corrected chi connectivity index (χ1v) is 9.66. The molecule has 0 bridgehead atoms. The fourth-order valence-electron chi connectivity index (χ4n) is 3.81. The molecular formula is C21H24F3N3O2. The molecule has 5 nitrogen and oxygen atoms in total. The zero-order valence-corrected chi connectivity index (χ0v) is 16.5. The van der Waals surface area contributed by atoms with Crippen molar-refractivity contribution in [3.05, 3.63) is 52.3 Å². The van der Waals surface area contributed by atoms with Gasteiger partial charge in [-0.2, -0.15) is 18.3 Å². The van der Waals surface area contributed by atoms with Crippen molar-refractivity contribution in [2.45, 2.75) is 45.7 Å². The van der Waals surface area contributed by atoms with Gasteiger partial charge in [-0.25, -0.2) is 0 Å². The molecule has 1 saturated heterocycles. The van der Waals surface area contributed by atoms with Gasteiger partial charge in [0.1, 0.15) is 0 Å². The summed E-state index contributed by atoms with van der Waals surface area (Å²) in [5.74, 6) is -0.616. The standard InChI is InChI=1S/C21H24F3N3O2/c1-13-18(14(2)26-25-13)9-10-19(28)27-11-3-4-16(12-27)20(29)15-5-7-17(8-6-15)21(22,23)24/h5-8,16H,3-4,9-12H2,1-2H3,(H,25,26)/t16-/m0/s1. The molecule has 8 heteroatoms. The van der Waals surface area contributed by atoms with Crippen LogP contribution in [0.4, 0.5) is 13.2 Å². The van der Waals surface area contributed by atoms with Gasteiger partial charge in [0.25, 0.3) is 0 Å². The van der Waals surface area contributed by atoms with E-state index in [4.69, 9.17) is 0 Å². The molecule has 1 aliphatic heterocycles. The molecule has 1 aliphatic rings. The minimum absolute atomic E-state index is 0.0186. The maximum absolute atomic E-state index is 12.7. The number of nitrogens with one attached hydrogen (secondary N) is 1. The number of benzene rings is 1. The second-order valence-corrected chi connectivity index (χ2v) is 7.53. The largest absolute Gasteiger partial charge is 0.416 e. The van der Waals surface area contributed by atoms with Gasteiger partial charge in [0, 0.05) is 36.7 Å². The summed E-state index contributed by atoms with van der Waals surface area (Å²) < 4.78 is 38.1. The van der Waals surface area contributed by atoms with Gasteiger partial charge in [-0.3, -0.25) is 14.7 Å². The second-order valence-electron chi connectivity index (χ2n) is 7.53. The van der Waals surface area contributed by atoms with E-state index in [0.717, 1.165) is 29.1 Å². The van der Waals surface area contributed by atoms with Crippen molar-refractivity contribution in [1.29, 1.82) is 0 Å². The summed E-state index contributed by atoms with van der Waals surface area (Å²) in [5.41, 5.74) is 2.34. The molecule has 0 aliphatic carbocycles. The number of aromatic nitrogens is 2. The lowest BCUT2D eigenvalue weighted by atomic mass is 9.89. The van der Waals surface area contributed by atoms with Gasteiger partial charge in [0.2, 0.25) is 5.91 Å². The summed E-state index contributed by atoms with van der Waals surface area (Å²) in [6.45, 7) is 4.71. The van der Waals surface area contributed by atoms with E-state index in [1.165, 1.54) is 12.1 Å². The van der Waals surface area contributed by atoms with Gasteiger partial charge in [-0.05, 0) is 50.8 Å². The Morgan fingerprint density at radius 3 is 2.48 bits per heavy atom. The number of aryl methyl sites for hydroxylation is 2. The molecule has 1 aromatic heterocycles. The van der Waals surface area contributed by atoms with E-state index in [2.05, 4.69) is 10.2 Å². The van der Waals surface area contributed by atoms with Crippen LogP contribution >= 0.6 is 0 Å². The Bertz CT molecular complexity index is 868. The van der Waals surface area contributed by atoms with Gasteiger partial charge in [0.05, 0.1) is 11.3 Å². The lowest BCUT2D eigenvalue weighted by molar-refractivity contribution is -0.137. The molecule has 3 rings (SSSR count). The second kappa shape index (κ2) is 8.39. The van der Waals surface area contributed by atoms with Gasteiger partial charge < -0.3 is 4.90 Å². The third-order valence-corrected chi connectivity index (χ3v) is 5.51. The van der Waals surface area contributed by atoms with Crippen molar-refractivity contribution < 1.29 is 22.8 Å². The number of carbonyl (C=O) groups excluding carboxylic acids is 2. The lowest BCUT2D eigenvalue weighted by Gasteiger charge is -2.32. The number of rotatable bonds is 5. The normalized spacial score (nSPS) is 17.4. The van der Waals surface area contributed by atoms with Gasteiger partial charge in [0.15, 0.2) is 5.78 Å². The Morgan fingerprint density at radius 2 is 1.90 bits per heavy atom. The Hall–Kier alpha value is -2.64. The number of nitrogens with zero attached hydrogens (tertiary/aromatic N) is 2. The number of H-pyrrole nitrogens is 1. The molecule has 0 unspecified atom stereocenters. The van der Waals surface area contributed by atoms with Crippen LogP contribution in [0.25, 0.3) is 0 Å². The van der Waals surface area contributed by atoms with Crippen molar-refractivity contribution in [2.24, 2.45) is 5.92 Å². The smallest absolute Gasteiger partial charge is 0.342 e. The highest BCUT2D eigenvalue weighted by Crippen LogP contribution is 2.30. The van der Waals surface area contributed by atoms with Crippen molar-refractivity contribution in [1.82, 2.24) is 15.1 Å². The van der Waals surface area contributed by atoms with E-state index >= 15 is 0 Å². The highest BCUT2D eigenvalue weighted by atomic mass is 19.4. The monoisotopic (exact) mass is 407 g/mol. The summed E-state index contributed by atoms with van der Waals surface area (Å²) in [5, 5.41) is 7.04. The first-order valence-electron chi connectivity index (χ1n) is 9.66. The fourth-order valence-corrected chi connectivity index (χ4v) is 3.81. The zero-order chi connectivity index (χ0) is 21.2. The number of piperidine rings is 1. The fraction of sp³-hybridized carbons (Fsp3) is 0.476. The predicted octanol–water partition coefficient (Wildman–Crippen LogP) is 4.10. The SMILES string of the molecule is Cc1n[nH]c(C)c1CCC(=O)N1CCC[C@H](C(=O)c2ccc(C(F)(F)F)cc2)C1. The van der Waals surface area contributed by atoms with Gasteiger partial charge >= 0.3 is 6.18 Å². The molecule has 1 fully saturated rings. The highest BCUT2D eigenvalue weighted by molar-refractivity contribution is 5.98. The predicted molar refractivity (Wildman–Crippen MR) is 101 cm³/mol. The lowest BCUT2D eigenvalue weighted by Crippen LogP contribution is -2.42. The summed E-state index contributed by atoms with van der Waals surface area (Å²) >= 11 is 0. The van der Waals surface area contributed by atoms with Crippen molar-refractivity contribution in [3.8, 4) is 0 Å². The van der Waals surface area contributed by atoms with Crippen molar-refractivity contribution in [2.75, 3.05) is 13.1 Å². The third-order valence-electron chi connectivity index (χ3n) is 5.51. The molecule has 0 spiro atoms. The van der Waals surface area contributed by atoms with Crippen LogP contribution in [0.2, 0.25) is 0 Å². The molecule has 29 heavy (non-hydrogen) atoms. The highest BCUT2D eigenvalue weighted by Gasteiger charge is 2.32. The average molecular weight is 407 g/mol. The van der Waals surface area contributed by atoms with Crippen LogP contribution in [-0.4, -0.2) is 39.9 Å². The molecule has 0 radical (unpaired) electrons. The molecule has 1 amide bonds. The van der Waals surface area contributed by atoms with Gasteiger partial charge in [-0.1, -0.05) is 12.1 Å². The van der Waals surface area contributed by atoms with Crippen LogP contribution in [0.3, 0.4) is 0 Å². The summed E-state index contributed by atoms with van der Waals surface area (Å²) in [7, 11) is 0. The molecule has 1 aromatic carbocycles. The first kappa shape index (κ1) is 21.1. The Labute approximate surface area is 167 Å². The zero-order valence-electron chi connectivity index (χ0n) is 16.5. The van der Waals surface area contributed by atoms with E-state index < -0.39 is 11.7 Å². The van der Waals surface area contributed by atoms with Crippen LogP contribution < -0.4 is 0 Å². The maximum Gasteiger partial charge on any atom is 0.416 e. The quantitative estimate of drug-likeness (QED) is 0.759. The van der Waals surface area contributed by atoms with E-state index in [1.54, 1.807) is 4.90 Å². The molecule has 156 valence electrons. The third kappa shape index (κ3) is 4.86. The number of hydrogen-bond donors (Lipinski definition) is 1. The Morgan fingerprint density at radius 1 is 1.21 bits per heavy atom. The minimum Gasteiger partial charge on any atom is -0.342 e. The van der Waals surface area contributed by atoms with Crippen molar-refractivity contribution in [3.63, 3.8) is 0 Å². The molecular weight excluding hydrogens is 383 g/mol. The summed E-state index contributed by atoms with van der Waals surface area (Å²) in [4.78, 5) is 27.1. The number of hydrogen-bond acceptors (Lipinski definition) is 3. The van der Waals surface area contributed by atoms with Crippen LogP contribution in [0, 0.1) is 19.8 Å². The molecule has 1 N–H and O–H groups in total. The summed E-state index contributed by atoms with van der Waals surface area (Å²) in [6.07, 6.45) is -2.18. The number of aromatic amines is 1. The van der Waals surface area contributed by atoms with E-state index in [9.17, 15) is 22.8 Å². The molecule has 1 atom stereocenters. The number of Topliss-reactive ketones (excluding diaryl/α,β-unsaturated/α-hetero) is 1. The minimum atomic E-state index is -4.43. The van der Waals surface area contributed by atoms with Gasteiger partial charge in [-0.15, -0.1) is 0 Å². The number of amides is 1. The first-order chi connectivity index (χ1) is 13.7. The van der Waals surface area contributed by atoms with E-state index in [1.807, 2.05) is 13.8 Å².